The van der Waals surface area contributed by atoms with E-state index in [-0.39, 0.29) is 0 Å². The maximum Gasteiger partial charge on any atom is 0.0180 e. The molecule has 0 spiro atoms. The normalized spacial score (nSPS) is 10.7. The van der Waals surface area contributed by atoms with Crippen LogP contribution in [0.15, 0.2) is 35.1 Å². The Morgan fingerprint density at radius 3 is 2.60 bits per heavy atom. The van der Waals surface area contributed by atoms with Crippen LogP contribution in [0.4, 0.5) is 0 Å². The first-order valence-electron chi connectivity index (χ1n) is 2.86. The zero-order valence-corrected chi connectivity index (χ0v) is 6.87. The van der Waals surface area contributed by atoms with Gasteiger partial charge in [0.1, 0.15) is 0 Å². The molecule has 0 saturated carbocycles. The third-order valence-corrected chi connectivity index (χ3v) is 1.77. The molecule has 0 aliphatic heterocycles. The fourth-order valence-corrected chi connectivity index (χ4v) is 0.867. The standard InChI is InChI=1S/C8H11NS/c1-4-10-8(3)7(2)5-6-9/h4-6,9H,1,3H2,2H3/b7-5+,9-6?. The van der Waals surface area contributed by atoms with Crippen molar-refractivity contribution in [3.05, 3.63) is 35.1 Å². The van der Waals surface area contributed by atoms with Crippen LogP contribution in [0.5, 0.6) is 0 Å². The van der Waals surface area contributed by atoms with Gasteiger partial charge >= 0.3 is 0 Å². The average Bonchev–Trinajstić information content (AvgIpc) is 1.89. The predicted molar refractivity (Wildman–Crippen MR) is 49.5 cm³/mol. The van der Waals surface area contributed by atoms with Crippen molar-refractivity contribution < 1.29 is 0 Å². The summed E-state index contributed by atoms with van der Waals surface area (Å²) in [5.41, 5.74) is 1.01. The Labute approximate surface area is 66.0 Å². The second kappa shape index (κ2) is 5.06. The van der Waals surface area contributed by atoms with Crippen LogP contribution >= 0.6 is 11.8 Å². The molecule has 0 rings (SSSR count). The van der Waals surface area contributed by atoms with E-state index in [9.17, 15) is 0 Å². The van der Waals surface area contributed by atoms with Gasteiger partial charge in [0, 0.05) is 11.1 Å². The minimum absolute atomic E-state index is 0.943. The lowest BCUT2D eigenvalue weighted by molar-refractivity contribution is 1.51. The van der Waals surface area contributed by atoms with Gasteiger partial charge in [0.05, 0.1) is 0 Å². The highest BCUT2D eigenvalue weighted by molar-refractivity contribution is 8.06. The quantitative estimate of drug-likeness (QED) is 0.487. The molecule has 0 aromatic rings. The van der Waals surface area contributed by atoms with Crippen molar-refractivity contribution in [2.24, 2.45) is 0 Å². The Hall–Kier alpha value is -0.760. The molecule has 0 bridgehead atoms. The smallest absolute Gasteiger partial charge is 0.0180 e. The molecule has 0 aromatic carbocycles. The van der Waals surface area contributed by atoms with Crippen molar-refractivity contribution in [1.82, 2.24) is 0 Å². The summed E-state index contributed by atoms with van der Waals surface area (Å²) in [7, 11) is 0. The molecule has 0 fully saturated rings. The number of thioether (sulfide) groups is 1. The first-order chi connectivity index (χ1) is 4.72. The van der Waals surface area contributed by atoms with Crippen molar-refractivity contribution in [1.29, 1.82) is 5.41 Å². The Bertz CT molecular complexity index is 180. The largest absolute Gasteiger partial charge is 0.309 e. The molecular weight excluding hydrogens is 142 g/mol. The topological polar surface area (TPSA) is 23.9 Å². The zero-order chi connectivity index (χ0) is 7.98. The van der Waals surface area contributed by atoms with E-state index in [0.717, 1.165) is 10.5 Å². The Morgan fingerprint density at radius 2 is 2.20 bits per heavy atom. The summed E-state index contributed by atoms with van der Waals surface area (Å²) in [4.78, 5) is 0.943. The van der Waals surface area contributed by atoms with Gasteiger partial charge in [-0.05, 0) is 24.0 Å². The monoisotopic (exact) mass is 153 g/mol. The van der Waals surface area contributed by atoms with Crippen molar-refractivity contribution in [3.63, 3.8) is 0 Å². The number of allylic oxidation sites excluding steroid dienone is 2. The molecular formula is C8H11NS. The van der Waals surface area contributed by atoms with Crippen LogP contribution in [-0.2, 0) is 0 Å². The molecule has 0 radical (unpaired) electrons. The van der Waals surface area contributed by atoms with E-state index < -0.39 is 0 Å². The van der Waals surface area contributed by atoms with Crippen molar-refractivity contribution in [2.45, 2.75) is 6.92 Å². The van der Waals surface area contributed by atoms with Gasteiger partial charge in [-0.3, -0.25) is 0 Å². The van der Waals surface area contributed by atoms with Gasteiger partial charge in [-0.2, -0.15) is 0 Å². The lowest BCUT2D eigenvalue weighted by Crippen LogP contribution is -1.75. The maximum absolute atomic E-state index is 6.78. The highest BCUT2D eigenvalue weighted by Crippen LogP contribution is 2.21. The minimum Gasteiger partial charge on any atom is -0.309 e. The minimum atomic E-state index is 0.943. The van der Waals surface area contributed by atoms with Gasteiger partial charge in [0.25, 0.3) is 0 Å². The summed E-state index contributed by atoms with van der Waals surface area (Å²) >= 11 is 1.48. The van der Waals surface area contributed by atoms with Crippen LogP contribution < -0.4 is 0 Å². The fourth-order valence-electron chi connectivity index (χ4n) is 0.411. The van der Waals surface area contributed by atoms with Gasteiger partial charge < -0.3 is 5.41 Å². The molecule has 0 atom stereocenters. The third kappa shape index (κ3) is 3.30. The third-order valence-electron chi connectivity index (χ3n) is 0.999. The zero-order valence-electron chi connectivity index (χ0n) is 6.05. The van der Waals surface area contributed by atoms with E-state index in [0.29, 0.717) is 0 Å². The summed E-state index contributed by atoms with van der Waals surface area (Å²) in [6, 6.07) is 0. The van der Waals surface area contributed by atoms with Crippen LogP contribution in [-0.4, -0.2) is 6.21 Å². The van der Waals surface area contributed by atoms with Gasteiger partial charge in [-0.15, -0.1) is 0 Å². The maximum atomic E-state index is 6.78. The van der Waals surface area contributed by atoms with Crippen LogP contribution in [0.3, 0.4) is 0 Å². The number of rotatable bonds is 4. The summed E-state index contributed by atoms with van der Waals surface area (Å²) in [5, 5.41) is 8.51. The Balaban J connectivity index is 4.06. The second-order valence-electron chi connectivity index (χ2n) is 1.72. The van der Waals surface area contributed by atoms with Crippen LogP contribution in [0.2, 0.25) is 0 Å². The van der Waals surface area contributed by atoms with Gasteiger partial charge in [0.2, 0.25) is 0 Å². The second-order valence-corrected chi connectivity index (χ2v) is 2.79. The van der Waals surface area contributed by atoms with E-state index in [2.05, 4.69) is 13.2 Å². The number of nitrogens with one attached hydrogen (secondary N) is 1. The molecule has 0 amide bonds. The van der Waals surface area contributed by atoms with E-state index in [4.69, 9.17) is 5.41 Å². The van der Waals surface area contributed by atoms with Crippen molar-refractivity contribution >= 4 is 18.0 Å². The average molecular weight is 153 g/mol. The molecule has 1 nitrogen and oxygen atoms in total. The molecule has 0 aromatic heterocycles. The molecule has 0 aliphatic carbocycles. The summed E-state index contributed by atoms with van der Waals surface area (Å²) in [6.45, 7) is 9.26. The molecule has 54 valence electrons. The van der Waals surface area contributed by atoms with Gasteiger partial charge in [-0.25, -0.2) is 0 Å². The summed E-state index contributed by atoms with van der Waals surface area (Å²) < 4.78 is 0. The van der Waals surface area contributed by atoms with Crippen LogP contribution in [0, 0.1) is 5.41 Å². The number of hydrogen-bond donors (Lipinski definition) is 1. The molecule has 0 saturated heterocycles. The van der Waals surface area contributed by atoms with E-state index in [1.165, 1.54) is 18.0 Å². The Morgan fingerprint density at radius 1 is 1.60 bits per heavy atom. The molecule has 0 unspecified atom stereocenters. The lowest BCUT2D eigenvalue weighted by atomic mass is 10.3. The Kier molecular flexibility index (Phi) is 4.67. The van der Waals surface area contributed by atoms with Crippen LogP contribution in [0.25, 0.3) is 0 Å². The first kappa shape index (κ1) is 9.24. The SMILES string of the molecule is C=CSC(=C)/C(C)=C/C=N. The highest BCUT2D eigenvalue weighted by atomic mass is 32.2. The van der Waals surface area contributed by atoms with Crippen LogP contribution in [0.1, 0.15) is 6.92 Å². The lowest BCUT2D eigenvalue weighted by Gasteiger charge is -1.98. The van der Waals surface area contributed by atoms with E-state index in [1.54, 1.807) is 11.5 Å². The number of hydrogen-bond acceptors (Lipinski definition) is 2. The van der Waals surface area contributed by atoms with E-state index in [1.807, 2.05) is 6.92 Å². The molecule has 2 heteroatoms. The van der Waals surface area contributed by atoms with Crippen molar-refractivity contribution in [2.75, 3.05) is 0 Å². The molecule has 0 heterocycles. The summed E-state index contributed by atoms with van der Waals surface area (Å²) in [6.07, 6.45) is 2.96. The summed E-state index contributed by atoms with van der Waals surface area (Å²) in [5.74, 6) is 0. The molecule has 10 heavy (non-hydrogen) atoms. The van der Waals surface area contributed by atoms with Crippen molar-refractivity contribution in [3.8, 4) is 0 Å². The molecule has 0 aliphatic rings. The molecule has 1 N–H and O–H groups in total. The highest BCUT2D eigenvalue weighted by Gasteiger charge is 1.91. The van der Waals surface area contributed by atoms with E-state index >= 15 is 0 Å². The van der Waals surface area contributed by atoms with Gasteiger partial charge in [0.15, 0.2) is 0 Å². The fraction of sp³-hybridized carbons (Fsp3) is 0.125. The first-order valence-corrected chi connectivity index (χ1v) is 3.74. The predicted octanol–water partition coefficient (Wildman–Crippen LogP) is 2.97. The van der Waals surface area contributed by atoms with Gasteiger partial charge in [-0.1, -0.05) is 24.9 Å².